The van der Waals surface area contributed by atoms with E-state index in [1.54, 1.807) is 36.1 Å². The summed E-state index contributed by atoms with van der Waals surface area (Å²) < 4.78 is 5.06. The topological polar surface area (TPSA) is 65.1 Å². The molecule has 1 aliphatic heterocycles. The highest BCUT2D eigenvalue weighted by Crippen LogP contribution is 2.17. The highest BCUT2D eigenvalue weighted by Gasteiger charge is 2.22. The van der Waals surface area contributed by atoms with Gasteiger partial charge in [0.15, 0.2) is 0 Å². The Kier molecular flexibility index (Phi) is 9.40. The molecule has 1 aromatic carbocycles. The minimum atomic E-state index is -0.433. The van der Waals surface area contributed by atoms with E-state index in [0.717, 1.165) is 39.3 Å². The molecule has 29 heavy (non-hydrogen) atoms. The SMILES string of the molecule is C=CCN(CC=C)CCN1CCN(C(=O)Nc2ccccc2C(=O)OCC)CC1. The average molecular weight is 401 g/mol. The molecule has 2 rings (SSSR count). The fourth-order valence-electron chi connectivity index (χ4n) is 3.25. The summed E-state index contributed by atoms with van der Waals surface area (Å²) in [6, 6.07) is 6.72. The maximum atomic E-state index is 12.7. The number of esters is 1. The van der Waals surface area contributed by atoms with Crippen molar-refractivity contribution in [1.82, 2.24) is 14.7 Å². The number of nitrogens with zero attached hydrogens (tertiary/aromatic N) is 3. The van der Waals surface area contributed by atoms with Crippen LogP contribution in [0.1, 0.15) is 17.3 Å². The largest absolute Gasteiger partial charge is 0.462 e. The lowest BCUT2D eigenvalue weighted by Gasteiger charge is -2.35. The second-order valence-electron chi connectivity index (χ2n) is 6.86. The zero-order valence-corrected chi connectivity index (χ0v) is 17.3. The fraction of sp³-hybridized carbons (Fsp3) is 0.455. The molecule has 1 fully saturated rings. The van der Waals surface area contributed by atoms with Crippen LogP contribution in [0.3, 0.4) is 0 Å². The van der Waals surface area contributed by atoms with Gasteiger partial charge in [0.1, 0.15) is 0 Å². The number of piperazine rings is 1. The predicted octanol–water partition coefficient (Wildman–Crippen LogP) is 2.69. The smallest absolute Gasteiger partial charge is 0.340 e. The number of rotatable bonds is 10. The second-order valence-corrected chi connectivity index (χ2v) is 6.86. The molecule has 0 saturated carbocycles. The summed E-state index contributed by atoms with van der Waals surface area (Å²) >= 11 is 0. The molecule has 0 unspecified atom stereocenters. The summed E-state index contributed by atoms with van der Waals surface area (Å²) in [5, 5.41) is 2.86. The van der Waals surface area contributed by atoms with Crippen LogP contribution in [0.2, 0.25) is 0 Å². The number of anilines is 1. The standard InChI is InChI=1S/C22H32N4O3/c1-4-11-24(12-5-2)13-14-25-15-17-26(18-16-25)22(28)23-20-10-8-7-9-19(20)21(27)29-6-3/h4-5,7-10H,1-2,6,11-18H2,3H3,(H,23,28). The number of hydrogen-bond donors (Lipinski definition) is 1. The Bertz CT molecular complexity index is 689. The number of carbonyl (C=O) groups excluding carboxylic acids is 2. The third-order valence-corrected chi connectivity index (χ3v) is 4.83. The van der Waals surface area contributed by atoms with E-state index in [1.807, 2.05) is 12.2 Å². The van der Waals surface area contributed by atoms with E-state index in [9.17, 15) is 9.59 Å². The Morgan fingerprint density at radius 2 is 1.79 bits per heavy atom. The van der Waals surface area contributed by atoms with Gasteiger partial charge in [0.05, 0.1) is 17.9 Å². The van der Waals surface area contributed by atoms with Crippen LogP contribution in [0.4, 0.5) is 10.5 Å². The summed E-state index contributed by atoms with van der Waals surface area (Å²) in [6.45, 7) is 16.2. The summed E-state index contributed by atoms with van der Waals surface area (Å²) in [5.74, 6) is -0.433. The van der Waals surface area contributed by atoms with E-state index in [0.29, 0.717) is 30.9 Å². The van der Waals surface area contributed by atoms with Gasteiger partial charge in [0.25, 0.3) is 0 Å². The molecule has 7 nitrogen and oxygen atoms in total. The van der Waals surface area contributed by atoms with E-state index >= 15 is 0 Å². The monoisotopic (exact) mass is 400 g/mol. The van der Waals surface area contributed by atoms with Gasteiger partial charge in [-0.05, 0) is 19.1 Å². The van der Waals surface area contributed by atoms with Crippen LogP contribution in [0, 0.1) is 0 Å². The summed E-state index contributed by atoms with van der Waals surface area (Å²) in [6.07, 6.45) is 3.81. The van der Waals surface area contributed by atoms with Gasteiger partial charge in [0, 0.05) is 52.4 Å². The van der Waals surface area contributed by atoms with Gasteiger partial charge in [-0.2, -0.15) is 0 Å². The van der Waals surface area contributed by atoms with Crippen molar-refractivity contribution in [3.05, 3.63) is 55.1 Å². The zero-order chi connectivity index (χ0) is 21.1. The maximum Gasteiger partial charge on any atom is 0.340 e. The quantitative estimate of drug-likeness (QED) is 0.483. The van der Waals surface area contributed by atoms with Crippen molar-refractivity contribution in [3.8, 4) is 0 Å². The summed E-state index contributed by atoms with van der Waals surface area (Å²) in [4.78, 5) is 31.2. The highest BCUT2D eigenvalue weighted by molar-refractivity contribution is 6.00. The number of benzene rings is 1. The minimum absolute atomic E-state index is 0.193. The first kappa shape index (κ1) is 22.6. The van der Waals surface area contributed by atoms with Gasteiger partial charge in [-0.3, -0.25) is 9.80 Å². The van der Waals surface area contributed by atoms with E-state index < -0.39 is 5.97 Å². The molecule has 1 heterocycles. The molecule has 1 saturated heterocycles. The lowest BCUT2D eigenvalue weighted by atomic mass is 10.2. The van der Waals surface area contributed by atoms with Crippen LogP contribution in [0.15, 0.2) is 49.6 Å². The molecule has 1 aromatic rings. The number of ether oxygens (including phenoxy) is 1. The van der Waals surface area contributed by atoms with Crippen molar-refractivity contribution in [3.63, 3.8) is 0 Å². The highest BCUT2D eigenvalue weighted by atomic mass is 16.5. The van der Waals surface area contributed by atoms with E-state index in [2.05, 4.69) is 28.3 Å². The molecule has 0 aliphatic carbocycles. The predicted molar refractivity (Wildman–Crippen MR) is 116 cm³/mol. The summed E-state index contributed by atoms with van der Waals surface area (Å²) in [7, 11) is 0. The summed E-state index contributed by atoms with van der Waals surface area (Å²) in [5.41, 5.74) is 0.841. The Balaban J connectivity index is 1.84. The van der Waals surface area contributed by atoms with Gasteiger partial charge in [-0.15, -0.1) is 13.2 Å². The van der Waals surface area contributed by atoms with Gasteiger partial charge < -0.3 is 15.0 Å². The molecular formula is C22H32N4O3. The van der Waals surface area contributed by atoms with Gasteiger partial charge in [0.2, 0.25) is 0 Å². The van der Waals surface area contributed by atoms with Crippen molar-refractivity contribution in [2.24, 2.45) is 0 Å². The maximum absolute atomic E-state index is 12.7. The molecule has 0 radical (unpaired) electrons. The normalized spacial score (nSPS) is 14.5. The molecule has 0 atom stereocenters. The Hall–Kier alpha value is -2.64. The first-order valence-corrected chi connectivity index (χ1v) is 10.1. The van der Waals surface area contributed by atoms with E-state index in [1.165, 1.54) is 0 Å². The Morgan fingerprint density at radius 1 is 1.14 bits per heavy atom. The fourth-order valence-corrected chi connectivity index (χ4v) is 3.25. The van der Waals surface area contributed by atoms with Crippen molar-refractivity contribution in [2.75, 3.05) is 64.3 Å². The number of hydrogen-bond acceptors (Lipinski definition) is 5. The zero-order valence-electron chi connectivity index (χ0n) is 17.3. The Morgan fingerprint density at radius 3 is 2.41 bits per heavy atom. The van der Waals surface area contributed by atoms with Gasteiger partial charge in [-0.25, -0.2) is 9.59 Å². The molecule has 0 aromatic heterocycles. The molecule has 1 aliphatic rings. The number of carbonyl (C=O) groups is 2. The number of nitrogens with one attached hydrogen (secondary N) is 1. The van der Waals surface area contributed by atoms with E-state index in [-0.39, 0.29) is 6.03 Å². The molecule has 0 bridgehead atoms. The van der Waals surface area contributed by atoms with Crippen LogP contribution in [-0.4, -0.2) is 85.7 Å². The van der Waals surface area contributed by atoms with Crippen LogP contribution in [-0.2, 0) is 4.74 Å². The first-order chi connectivity index (χ1) is 14.1. The van der Waals surface area contributed by atoms with E-state index in [4.69, 9.17) is 4.74 Å². The second kappa shape index (κ2) is 12.0. The number of para-hydroxylation sites is 1. The Labute approximate surface area is 173 Å². The first-order valence-electron chi connectivity index (χ1n) is 10.1. The molecule has 1 N–H and O–H groups in total. The van der Waals surface area contributed by atoms with Crippen LogP contribution in [0.25, 0.3) is 0 Å². The van der Waals surface area contributed by atoms with Gasteiger partial charge in [-0.1, -0.05) is 24.3 Å². The van der Waals surface area contributed by atoms with Gasteiger partial charge >= 0.3 is 12.0 Å². The van der Waals surface area contributed by atoms with Crippen molar-refractivity contribution < 1.29 is 14.3 Å². The van der Waals surface area contributed by atoms with Crippen molar-refractivity contribution in [1.29, 1.82) is 0 Å². The van der Waals surface area contributed by atoms with Crippen LogP contribution < -0.4 is 5.32 Å². The molecule has 2 amide bonds. The average Bonchev–Trinajstić information content (AvgIpc) is 2.73. The lowest BCUT2D eigenvalue weighted by Crippen LogP contribution is -2.51. The third kappa shape index (κ3) is 7.03. The molecular weight excluding hydrogens is 368 g/mol. The third-order valence-electron chi connectivity index (χ3n) is 4.83. The lowest BCUT2D eigenvalue weighted by molar-refractivity contribution is 0.0527. The number of amides is 2. The van der Waals surface area contributed by atoms with Crippen LogP contribution in [0.5, 0.6) is 0 Å². The molecule has 7 heteroatoms. The van der Waals surface area contributed by atoms with Crippen LogP contribution >= 0.6 is 0 Å². The molecule has 158 valence electrons. The minimum Gasteiger partial charge on any atom is -0.462 e. The van der Waals surface area contributed by atoms with Crippen molar-refractivity contribution in [2.45, 2.75) is 6.92 Å². The number of urea groups is 1. The molecule has 0 spiro atoms. The van der Waals surface area contributed by atoms with Crippen molar-refractivity contribution >= 4 is 17.7 Å².